The third-order valence-corrected chi connectivity index (χ3v) is 5.65. The van der Waals surface area contributed by atoms with Gasteiger partial charge < -0.3 is 15.4 Å². The summed E-state index contributed by atoms with van der Waals surface area (Å²) in [6.07, 6.45) is 8.97. The molecule has 0 atom stereocenters. The second-order valence-corrected chi connectivity index (χ2v) is 7.88. The highest BCUT2D eigenvalue weighted by atomic mass is 16.3. The highest BCUT2D eigenvalue weighted by Gasteiger charge is 2.28. The number of hydrogen-bond acceptors (Lipinski definition) is 6. The lowest BCUT2D eigenvalue weighted by atomic mass is 9.84. The Hall–Kier alpha value is -3.06. The maximum atomic E-state index is 10.1. The fraction of sp³-hybridized carbons (Fsp3) is 0.333. The first-order chi connectivity index (χ1) is 13.6. The molecule has 0 saturated heterocycles. The Morgan fingerprint density at radius 2 is 2.07 bits per heavy atom. The minimum Gasteiger partial charge on any atom is -0.390 e. The van der Waals surface area contributed by atoms with Crippen molar-refractivity contribution in [3.05, 3.63) is 42.9 Å². The molecule has 7 heteroatoms. The van der Waals surface area contributed by atoms with Crippen LogP contribution in [0.4, 0.5) is 5.95 Å². The molecule has 1 saturated carbocycles. The smallest absolute Gasteiger partial charge is 0.224 e. The van der Waals surface area contributed by atoms with E-state index in [2.05, 4.69) is 36.5 Å². The average Bonchev–Trinajstić information content (AvgIpc) is 3.12. The molecule has 0 radical (unpaired) electrons. The van der Waals surface area contributed by atoms with E-state index < -0.39 is 5.60 Å². The second kappa shape index (κ2) is 6.53. The molecule has 1 aromatic carbocycles. The molecule has 142 valence electrons. The van der Waals surface area contributed by atoms with Crippen LogP contribution in [-0.4, -0.2) is 41.9 Å². The molecular formula is C21H22N6O. The Bertz CT molecular complexity index is 1140. The summed E-state index contributed by atoms with van der Waals surface area (Å²) in [5.41, 5.74) is 3.30. The van der Waals surface area contributed by atoms with Crippen molar-refractivity contribution in [1.82, 2.24) is 25.1 Å². The molecule has 28 heavy (non-hydrogen) atoms. The van der Waals surface area contributed by atoms with Gasteiger partial charge in [-0.1, -0.05) is 6.07 Å². The van der Waals surface area contributed by atoms with Crippen molar-refractivity contribution in [2.24, 2.45) is 0 Å². The number of rotatable bonds is 3. The number of aliphatic hydroxyl groups is 1. The fourth-order valence-electron chi connectivity index (χ4n) is 3.94. The molecule has 7 nitrogen and oxygen atoms in total. The molecule has 0 spiro atoms. The van der Waals surface area contributed by atoms with E-state index in [1.807, 2.05) is 37.5 Å². The van der Waals surface area contributed by atoms with Crippen LogP contribution in [0.15, 0.2) is 42.9 Å². The molecule has 0 unspecified atom stereocenters. The number of fused-ring (bicyclic) bond motifs is 2. The first kappa shape index (κ1) is 17.1. The van der Waals surface area contributed by atoms with Crippen molar-refractivity contribution in [1.29, 1.82) is 0 Å². The molecular weight excluding hydrogens is 352 g/mol. The van der Waals surface area contributed by atoms with E-state index in [9.17, 15) is 5.11 Å². The zero-order valence-corrected chi connectivity index (χ0v) is 15.7. The van der Waals surface area contributed by atoms with Gasteiger partial charge in [-0.15, -0.1) is 0 Å². The summed E-state index contributed by atoms with van der Waals surface area (Å²) in [6, 6.07) is 8.38. The van der Waals surface area contributed by atoms with Gasteiger partial charge in [-0.3, -0.25) is 0 Å². The summed E-state index contributed by atoms with van der Waals surface area (Å²) in [5, 5.41) is 23.6. The fourth-order valence-corrected chi connectivity index (χ4v) is 3.94. The lowest BCUT2D eigenvalue weighted by molar-refractivity contribution is 0.0196. The van der Waals surface area contributed by atoms with E-state index in [-0.39, 0.29) is 0 Å². The molecule has 3 aromatic heterocycles. The van der Waals surface area contributed by atoms with E-state index in [0.717, 1.165) is 58.7 Å². The van der Waals surface area contributed by atoms with Crippen molar-refractivity contribution in [2.75, 3.05) is 5.32 Å². The summed E-state index contributed by atoms with van der Waals surface area (Å²) in [4.78, 5) is 12.4. The van der Waals surface area contributed by atoms with Gasteiger partial charge in [-0.2, -0.15) is 15.2 Å². The Kier molecular flexibility index (Phi) is 3.98. The highest BCUT2D eigenvalue weighted by Crippen LogP contribution is 2.31. The van der Waals surface area contributed by atoms with Gasteiger partial charge in [0.15, 0.2) is 0 Å². The predicted octanol–water partition coefficient (Wildman–Crippen LogP) is 3.67. The summed E-state index contributed by atoms with van der Waals surface area (Å²) in [7, 11) is 0. The van der Waals surface area contributed by atoms with Crippen LogP contribution < -0.4 is 5.32 Å². The summed E-state index contributed by atoms with van der Waals surface area (Å²) in [6.45, 7) is 1.91. The van der Waals surface area contributed by atoms with E-state index >= 15 is 0 Å². The van der Waals surface area contributed by atoms with E-state index in [0.29, 0.717) is 12.0 Å². The Morgan fingerprint density at radius 1 is 1.21 bits per heavy atom. The quantitative estimate of drug-likeness (QED) is 0.506. The van der Waals surface area contributed by atoms with Crippen molar-refractivity contribution in [2.45, 2.75) is 44.2 Å². The molecule has 0 amide bonds. The first-order valence-electron chi connectivity index (χ1n) is 9.62. The summed E-state index contributed by atoms with van der Waals surface area (Å²) >= 11 is 0. The third kappa shape index (κ3) is 3.18. The van der Waals surface area contributed by atoms with E-state index in [4.69, 9.17) is 0 Å². The number of benzene rings is 1. The van der Waals surface area contributed by atoms with Gasteiger partial charge in [0.05, 0.1) is 17.3 Å². The minimum absolute atomic E-state index is 0.300. The van der Waals surface area contributed by atoms with Crippen LogP contribution in [0.1, 0.15) is 32.6 Å². The number of anilines is 1. The largest absolute Gasteiger partial charge is 0.390 e. The van der Waals surface area contributed by atoms with Gasteiger partial charge in [0, 0.05) is 34.8 Å². The van der Waals surface area contributed by atoms with Crippen LogP contribution in [0.25, 0.3) is 33.1 Å². The summed E-state index contributed by atoms with van der Waals surface area (Å²) < 4.78 is 0. The first-order valence-corrected chi connectivity index (χ1v) is 9.62. The maximum Gasteiger partial charge on any atom is 0.224 e. The van der Waals surface area contributed by atoms with Gasteiger partial charge >= 0.3 is 0 Å². The molecule has 3 N–H and O–H groups in total. The number of aromatic nitrogens is 5. The lowest BCUT2D eigenvalue weighted by Gasteiger charge is -2.33. The van der Waals surface area contributed by atoms with Gasteiger partial charge in [0.25, 0.3) is 0 Å². The minimum atomic E-state index is -0.539. The molecule has 1 aliphatic carbocycles. The van der Waals surface area contributed by atoms with E-state index in [1.54, 1.807) is 6.20 Å². The van der Waals surface area contributed by atoms with Gasteiger partial charge in [-0.05, 0) is 56.4 Å². The van der Waals surface area contributed by atoms with Crippen molar-refractivity contribution >= 4 is 27.9 Å². The second-order valence-electron chi connectivity index (χ2n) is 7.88. The lowest BCUT2D eigenvalue weighted by Crippen LogP contribution is -2.36. The molecule has 5 rings (SSSR count). The van der Waals surface area contributed by atoms with Crippen molar-refractivity contribution in [3.8, 4) is 11.1 Å². The Labute approximate surface area is 162 Å². The SMILES string of the molecule is C[C@]1(O)CC[C@@H](Nc2ncc3c(-c4ccc5nnccc5c4)c[nH]c3n2)CC1. The van der Waals surface area contributed by atoms with Crippen LogP contribution >= 0.6 is 0 Å². The van der Waals surface area contributed by atoms with Crippen molar-refractivity contribution in [3.63, 3.8) is 0 Å². The average molecular weight is 374 g/mol. The van der Waals surface area contributed by atoms with Gasteiger partial charge in [0.1, 0.15) is 5.65 Å². The third-order valence-electron chi connectivity index (χ3n) is 5.65. The van der Waals surface area contributed by atoms with Crippen molar-refractivity contribution < 1.29 is 5.11 Å². The molecule has 0 aliphatic heterocycles. The zero-order chi connectivity index (χ0) is 19.1. The number of nitrogens with zero attached hydrogens (tertiary/aromatic N) is 4. The molecule has 1 aliphatic rings. The number of aromatic amines is 1. The standard InChI is InChI=1S/C21H22N6O/c1-21(28)7-4-15(5-8-21)25-20-23-12-17-16(11-22-19(17)26-20)13-2-3-18-14(10-13)6-9-24-27-18/h2-3,6,9-12,15,28H,4-5,7-8H2,1H3,(H2,22,23,25,26)/t15-,21+. The Balaban J connectivity index is 1.41. The monoisotopic (exact) mass is 374 g/mol. The van der Waals surface area contributed by atoms with Gasteiger partial charge in [0.2, 0.25) is 5.95 Å². The maximum absolute atomic E-state index is 10.1. The van der Waals surface area contributed by atoms with Crippen LogP contribution in [0.2, 0.25) is 0 Å². The topological polar surface area (TPSA) is 99.6 Å². The predicted molar refractivity (Wildman–Crippen MR) is 109 cm³/mol. The molecule has 4 aromatic rings. The van der Waals surface area contributed by atoms with Crippen LogP contribution in [0.5, 0.6) is 0 Å². The number of hydrogen-bond donors (Lipinski definition) is 3. The molecule has 1 fully saturated rings. The van der Waals surface area contributed by atoms with Gasteiger partial charge in [-0.25, -0.2) is 4.98 Å². The number of H-pyrrole nitrogens is 1. The summed E-state index contributed by atoms with van der Waals surface area (Å²) in [5.74, 6) is 0.626. The highest BCUT2D eigenvalue weighted by molar-refractivity contribution is 5.96. The molecule has 0 bridgehead atoms. The normalized spacial score (nSPS) is 22.6. The Morgan fingerprint density at radius 3 is 2.93 bits per heavy atom. The number of nitrogens with one attached hydrogen (secondary N) is 2. The van der Waals surface area contributed by atoms with Crippen LogP contribution in [0, 0.1) is 0 Å². The molecule has 3 heterocycles. The van der Waals surface area contributed by atoms with Crippen LogP contribution in [0.3, 0.4) is 0 Å². The zero-order valence-electron chi connectivity index (χ0n) is 15.7. The van der Waals surface area contributed by atoms with E-state index in [1.165, 1.54) is 0 Å². The van der Waals surface area contributed by atoms with Crippen LogP contribution in [-0.2, 0) is 0 Å².